The number of aliphatic hydroxyl groups excluding tert-OH is 1. The van der Waals surface area contributed by atoms with E-state index >= 15 is 0 Å². The monoisotopic (exact) mass is 375 g/mol. The van der Waals surface area contributed by atoms with Crippen molar-refractivity contribution in [2.45, 2.75) is 22.5 Å². The van der Waals surface area contributed by atoms with E-state index in [1.807, 2.05) is 11.8 Å². The fourth-order valence-electron chi connectivity index (χ4n) is 3.98. The van der Waals surface area contributed by atoms with Gasteiger partial charge < -0.3 is 10.4 Å². The molecule has 0 radical (unpaired) electrons. The van der Waals surface area contributed by atoms with Gasteiger partial charge in [0.05, 0.1) is 11.4 Å². The maximum atomic E-state index is 9.56. The summed E-state index contributed by atoms with van der Waals surface area (Å²) in [6.45, 7) is 1.12. The molecule has 0 bridgehead atoms. The number of thioether (sulfide) groups is 1. The average Bonchev–Trinajstić information content (AvgIpc) is 3.21. The second-order valence-electron chi connectivity index (χ2n) is 7.04. The summed E-state index contributed by atoms with van der Waals surface area (Å²) in [6.07, 6.45) is 0.982. The van der Waals surface area contributed by atoms with E-state index in [2.05, 4.69) is 96.3 Å². The lowest BCUT2D eigenvalue weighted by molar-refractivity contribution is 0.255. The fraction of sp³-hybridized carbons (Fsp3) is 0.250. The SMILES string of the molecule is OC[C@@H]1C[C@H](SC(c2ccccc2)(c2ccccc2)c2ccccc2)CN1. The van der Waals surface area contributed by atoms with Crippen molar-refractivity contribution in [3.8, 4) is 0 Å². The van der Waals surface area contributed by atoms with E-state index in [9.17, 15) is 5.11 Å². The van der Waals surface area contributed by atoms with Crippen LogP contribution in [0.15, 0.2) is 91.0 Å². The standard InChI is InChI=1S/C24H25NOS/c26-18-22-16-23(17-25-22)27-24(19-10-4-1-5-11-19,20-12-6-2-7-13-20)21-14-8-3-9-15-21/h1-15,22-23,25-26H,16-18H2/t22-,23-/m0/s1. The number of hydrogen-bond acceptors (Lipinski definition) is 3. The van der Waals surface area contributed by atoms with Gasteiger partial charge in [0.25, 0.3) is 0 Å². The molecular formula is C24H25NOS. The number of benzene rings is 3. The summed E-state index contributed by atoms with van der Waals surface area (Å²) in [6, 6.07) is 32.6. The molecule has 1 fully saturated rings. The Kier molecular flexibility index (Phi) is 5.63. The minimum Gasteiger partial charge on any atom is -0.395 e. The molecule has 3 aromatic carbocycles. The molecule has 0 aromatic heterocycles. The van der Waals surface area contributed by atoms with Crippen molar-refractivity contribution in [3.05, 3.63) is 108 Å². The third kappa shape index (κ3) is 3.68. The molecule has 2 N–H and O–H groups in total. The number of hydrogen-bond donors (Lipinski definition) is 2. The maximum Gasteiger partial charge on any atom is 0.0910 e. The van der Waals surface area contributed by atoms with Crippen LogP contribution in [0.5, 0.6) is 0 Å². The van der Waals surface area contributed by atoms with Crippen molar-refractivity contribution < 1.29 is 5.11 Å². The van der Waals surface area contributed by atoms with E-state index in [0.29, 0.717) is 5.25 Å². The molecular weight excluding hydrogens is 350 g/mol. The summed E-state index contributed by atoms with van der Waals surface area (Å²) < 4.78 is -0.277. The van der Waals surface area contributed by atoms with Gasteiger partial charge in [0.15, 0.2) is 0 Å². The lowest BCUT2D eigenvalue weighted by Crippen LogP contribution is -2.29. The molecule has 1 aliphatic heterocycles. The van der Waals surface area contributed by atoms with Gasteiger partial charge in [0.1, 0.15) is 0 Å². The van der Waals surface area contributed by atoms with Crippen LogP contribution in [-0.4, -0.2) is 29.5 Å². The first-order valence-corrected chi connectivity index (χ1v) is 10.4. The Bertz CT molecular complexity index is 741. The van der Waals surface area contributed by atoms with Crippen LogP contribution in [-0.2, 0) is 4.75 Å². The molecule has 1 saturated heterocycles. The van der Waals surface area contributed by atoms with Gasteiger partial charge in [-0.25, -0.2) is 0 Å². The molecule has 0 saturated carbocycles. The highest BCUT2D eigenvalue weighted by atomic mass is 32.2. The number of rotatable bonds is 6. The third-order valence-electron chi connectivity index (χ3n) is 5.29. The van der Waals surface area contributed by atoms with E-state index in [-0.39, 0.29) is 17.4 Å². The van der Waals surface area contributed by atoms with Crippen molar-refractivity contribution >= 4 is 11.8 Å². The van der Waals surface area contributed by atoms with Crippen LogP contribution in [0.4, 0.5) is 0 Å². The summed E-state index contributed by atoms with van der Waals surface area (Å²) in [5.41, 5.74) is 3.87. The van der Waals surface area contributed by atoms with Gasteiger partial charge in [-0.05, 0) is 23.1 Å². The lowest BCUT2D eigenvalue weighted by Gasteiger charge is -2.37. The predicted molar refractivity (Wildman–Crippen MR) is 114 cm³/mol. The average molecular weight is 376 g/mol. The van der Waals surface area contributed by atoms with Crippen molar-refractivity contribution in [2.75, 3.05) is 13.2 Å². The van der Waals surface area contributed by atoms with E-state index in [1.165, 1.54) is 16.7 Å². The summed E-state index contributed by atoms with van der Waals surface area (Å²) in [4.78, 5) is 0. The Morgan fingerprint density at radius 1 is 0.778 bits per heavy atom. The summed E-state index contributed by atoms with van der Waals surface area (Å²) in [5.74, 6) is 0. The van der Waals surface area contributed by atoms with Gasteiger partial charge >= 0.3 is 0 Å². The summed E-state index contributed by atoms with van der Waals surface area (Å²) in [5, 5.41) is 13.5. The van der Waals surface area contributed by atoms with Crippen molar-refractivity contribution in [1.29, 1.82) is 0 Å². The van der Waals surface area contributed by atoms with E-state index in [1.54, 1.807) is 0 Å². The molecule has 0 unspecified atom stereocenters. The molecule has 138 valence electrons. The zero-order chi connectivity index (χ0) is 18.5. The largest absolute Gasteiger partial charge is 0.395 e. The molecule has 2 nitrogen and oxygen atoms in total. The van der Waals surface area contributed by atoms with Crippen molar-refractivity contribution in [1.82, 2.24) is 5.32 Å². The van der Waals surface area contributed by atoms with Gasteiger partial charge in [0.2, 0.25) is 0 Å². The maximum absolute atomic E-state index is 9.56. The molecule has 27 heavy (non-hydrogen) atoms. The van der Waals surface area contributed by atoms with Crippen LogP contribution in [0.2, 0.25) is 0 Å². The Morgan fingerprint density at radius 3 is 1.59 bits per heavy atom. The van der Waals surface area contributed by atoms with Crippen LogP contribution >= 0.6 is 11.8 Å². The minimum atomic E-state index is -0.277. The third-order valence-corrected chi connectivity index (χ3v) is 7.04. The minimum absolute atomic E-state index is 0.197. The Balaban J connectivity index is 1.87. The molecule has 2 atom stereocenters. The van der Waals surface area contributed by atoms with Crippen LogP contribution in [0.25, 0.3) is 0 Å². The van der Waals surface area contributed by atoms with Gasteiger partial charge in [0, 0.05) is 17.8 Å². The first-order chi connectivity index (χ1) is 13.3. The normalized spacial score (nSPS) is 19.9. The second-order valence-corrected chi connectivity index (χ2v) is 8.56. The zero-order valence-electron chi connectivity index (χ0n) is 15.3. The van der Waals surface area contributed by atoms with Crippen LogP contribution in [0.1, 0.15) is 23.1 Å². The fourth-order valence-corrected chi connectivity index (χ4v) is 5.81. The topological polar surface area (TPSA) is 32.3 Å². The van der Waals surface area contributed by atoms with Crippen LogP contribution < -0.4 is 5.32 Å². The molecule has 3 aromatic rings. The molecule has 0 aliphatic carbocycles. The van der Waals surface area contributed by atoms with E-state index in [0.717, 1.165) is 13.0 Å². The van der Waals surface area contributed by atoms with Gasteiger partial charge in [-0.2, -0.15) is 0 Å². The summed E-state index contributed by atoms with van der Waals surface area (Å²) in [7, 11) is 0. The second kappa shape index (κ2) is 8.30. The Hall–Kier alpha value is -2.07. The highest BCUT2D eigenvalue weighted by molar-refractivity contribution is 8.01. The first kappa shape index (κ1) is 18.3. The van der Waals surface area contributed by atoms with Crippen LogP contribution in [0, 0.1) is 0 Å². The molecule has 3 heteroatoms. The quantitative estimate of drug-likeness (QED) is 0.625. The smallest absolute Gasteiger partial charge is 0.0910 e. The molecule has 0 amide bonds. The van der Waals surface area contributed by atoms with Gasteiger partial charge in [-0.3, -0.25) is 0 Å². The lowest BCUT2D eigenvalue weighted by atomic mass is 9.84. The Labute approximate surface area is 165 Å². The van der Waals surface area contributed by atoms with Crippen LogP contribution in [0.3, 0.4) is 0 Å². The number of aliphatic hydroxyl groups is 1. The van der Waals surface area contributed by atoms with Gasteiger partial charge in [-0.1, -0.05) is 91.0 Å². The molecule has 4 rings (SSSR count). The highest BCUT2D eigenvalue weighted by Crippen LogP contribution is 2.51. The van der Waals surface area contributed by atoms with Crippen molar-refractivity contribution in [2.24, 2.45) is 0 Å². The highest BCUT2D eigenvalue weighted by Gasteiger charge is 2.40. The number of nitrogens with one attached hydrogen (secondary N) is 1. The molecule has 1 heterocycles. The van der Waals surface area contributed by atoms with Crippen molar-refractivity contribution in [3.63, 3.8) is 0 Å². The van der Waals surface area contributed by atoms with E-state index < -0.39 is 0 Å². The zero-order valence-corrected chi connectivity index (χ0v) is 16.1. The van der Waals surface area contributed by atoms with Gasteiger partial charge in [-0.15, -0.1) is 11.8 Å². The molecule has 1 aliphatic rings. The molecule has 0 spiro atoms. The predicted octanol–water partition coefficient (Wildman–Crippen LogP) is 4.43. The summed E-state index contributed by atoms with van der Waals surface area (Å²) >= 11 is 2.00. The first-order valence-electron chi connectivity index (χ1n) is 9.51. The Morgan fingerprint density at radius 2 is 1.22 bits per heavy atom. The van der Waals surface area contributed by atoms with E-state index in [4.69, 9.17) is 0 Å².